The largest absolute Gasteiger partial charge is 0.497 e. The Balaban J connectivity index is 1.45. The van der Waals surface area contributed by atoms with Crippen LogP contribution in [0.3, 0.4) is 0 Å². The molecule has 1 unspecified atom stereocenters. The Kier molecular flexibility index (Phi) is 5.41. The van der Waals surface area contributed by atoms with Gasteiger partial charge in [0.2, 0.25) is 0 Å². The van der Waals surface area contributed by atoms with Crippen molar-refractivity contribution in [3.8, 4) is 16.9 Å². The molecule has 0 aliphatic carbocycles. The summed E-state index contributed by atoms with van der Waals surface area (Å²) >= 11 is 0. The van der Waals surface area contributed by atoms with Crippen molar-refractivity contribution in [2.75, 3.05) is 46.4 Å². The van der Waals surface area contributed by atoms with Gasteiger partial charge in [-0.2, -0.15) is 0 Å². The van der Waals surface area contributed by atoms with E-state index < -0.39 is 0 Å². The molecule has 0 aromatic heterocycles. The van der Waals surface area contributed by atoms with E-state index >= 15 is 0 Å². The van der Waals surface area contributed by atoms with Crippen molar-refractivity contribution in [2.24, 2.45) is 0 Å². The molecule has 2 aliphatic heterocycles. The Labute approximate surface area is 160 Å². The lowest BCUT2D eigenvalue weighted by atomic mass is 10.0. The van der Waals surface area contributed by atoms with Crippen molar-refractivity contribution < 1.29 is 9.53 Å². The SMILES string of the molecule is COc1cccc(-c2cccc(C(=O)N3CCN(C4CCNC4)CC3)c2)c1. The van der Waals surface area contributed by atoms with Gasteiger partial charge in [-0.3, -0.25) is 9.69 Å². The molecular weight excluding hydrogens is 338 g/mol. The highest BCUT2D eigenvalue weighted by Gasteiger charge is 2.28. The fourth-order valence-electron chi connectivity index (χ4n) is 4.06. The molecule has 5 heteroatoms. The van der Waals surface area contributed by atoms with Crippen LogP contribution in [0.1, 0.15) is 16.8 Å². The van der Waals surface area contributed by atoms with Gasteiger partial charge in [0.15, 0.2) is 0 Å². The van der Waals surface area contributed by atoms with Crippen molar-refractivity contribution in [3.05, 3.63) is 54.1 Å². The summed E-state index contributed by atoms with van der Waals surface area (Å²) in [5.41, 5.74) is 2.85. The van der Waals surface area contributed by atoms with Crippen LogP contribution >= 0.6 is 0 Å². The second-order valence-electron chi connectivity index (χ2n) is 7.29. The highest BCUT2D eigenvalue weighted by atomic mass is 16.5. The van der Waals surface area contributed by atoms with Gasteiger partial charge in [-0.05, 0) is 48.4 Å². The normalized spacial score (nSPS) is 20.6. The molecule has 1 N–H and O–H groups in total. The molecule has 0 saturated carbocycles. The third kappa shape index (κ3) is 3.99. The molecular formula is C22H27N3O2. The first kappa shape index (κ1) is 18.0. The summed E-state index contributed by atoms with van der Waals surface area (Å²) in [6.45, 7) is 5.73. The third-order valence-corrected chi connectivity index (χ3v) is 5.66. The Morgan fingerprint density at radius 2 is 1.78 bits per heavy atom. The Bertz CT molecular complexity index is 794. The number of nitrogens with zero attached hydrogens (tertiary/aromatic N) is 2. The zero-order valence-electron chi connectivity index (χ0n) is 15.9. The van der Waals surface area contributed by atoms with Crippen LogP contribution in [0.4, 0.5) is 0 Å². The van der Waals surface area contributed by atoms with Gasteiger partial charge in [-0.1, -0.05) is 24.3 Å². The quantitative estimate of drug-likeness (QED) is 0.904. The summed E-state index contributed by atoms with van der Waals surface area (Å²) in [6.07, 6.45) is 1.22. The maximum atomic E-state index is 13.0. The van der Waals surface area contributed by atoms with Gasteiger partial charge in [-0.25, -0.2) is 0 Å². The van der Waals surface area contributed by atoms with Crippen molar-refractivity contribution in [3.63, 3.8) is 0 Å². The first-order chi connectivity index (χ1) is 13.2. The molecule has 0 radical (unpaired) electrons. The number of hydrogen-bond acceptors (Lipinski definition) is 4. The third-order valence-electron chi connectivity index (χ3n) is 5.66. The van der Waals surface area contributed by atoms with Gasteiger partial charge in [0.1, 0.15) is 5.75 Å². The average Bonchev–Trinajstić information content (AvgIpc) is 3.28. The molecule has 142 valence electrons. The minimum Gasteiger partial charge on any atom is -0.497 e. The fraction of sp³-hybridized carbons (Fsp3) is 0.409. The number of carbonyl (C=O) groups excluding carboxylic acids is 1. The van der Waals surface area contributed by atoms with Gasteiger partial charge >= 0.3 is 0 Å². The van der Waals surface area contributed by atoms with Crippen molar-refractivity contribution >= 4 is 5.91 Å². The summed E-state index contributed by atoms with van der Waals surface area (Å²) < 4.78 is 5.32. The zero-order chi connectivity index (χ0) is 18.6. The van der Waals surface area contributed by atoms with Crippen molar-refractivity contribution in [1.29, 1.82) is 0 Å². The first-order valence-electron chi connectivity index (χ1n) is 9.73. The van der Waals surface area contributed by atoms with Crippen LogP contribution < -0.4 is 10.1 Å². The second kappa shape index (κ2) is 8.11. The highest BCUT2D eigenvalue weighted by molar-refractivity contribution is 5.95. The Hall–Kier alpha value is -2.37. The van der Waals surface area contributed by atoms with Crippen LogP contribution in [0.2, 0.25) is 0 Å². The van der Waals surface area contributed by atoms with E-state index in [1.165, 1.54) is 6.42 Å². The monoisotopic (exact) mass is 365 g/mol. The molecule has 0 bridgehead atoms. The summed E-state index contributed by atoms with van der Waals surface area (Å²) in [4.78, 5) is 17.5. The maximum Gasteiger partial charge on any atom is 0.253 e. The van der Waals surface area contributed by atoms with E-state index in [2.05, 4.69) is 10.2 Å². The summed E-state index contributed by atoms with van der Waals surface area (Å²) in [5, 5.41) is 3.43. The zero-order valence-corrected chi connectivity index (χ0v) is 15.9. The molecule has 2 aromatic rings. The van der Waals surface area contributed by atoms with Crippen molar-refractivity contribution in [1.82, 2.24) is 15.1 Å². The highest BCUT2D eigenvalue weighted by Crippen LogP contribution is 2.25. The van der Waals surface area contributed by atoms with E-state index in [9.17, 15) is 4.79 Å². The lowest BCUT2D eigenvalue weighted by molar-refractivity contribution is 0.0584. The summed E-state index contributed by atoms with van der Waals surface area (Å²) in [6, 6.07) is 16.5. The van der Waals surface area contributed by atoms with Crippen LogP contribution in [0.5, 0.6) is 5.75 Å². The number of nitrogens with one attached hydrogen (secondary N) is 1. The molecule has 0 spiro atoms. The Morgan fingerprint density at radius 1 is 1.04 bits per heavy atom. The smallest absolute Gasteiger partial charge is 0.253 e. The predicted octanol–water partition coefficient (Wildman–Crippen LogP) is 2.48. The van der Waals surface area contributed by atoms with Crippen molar-refractivity contribution in [2.45, 2.75) is 12.5 Å². The lowest BCUT2D eigenvalue weighted by Gasteiger charge is -2.37. The molecule has 1 amide bonds. The minimum atomic E-state index is 0.129. The van der Waals surface area contributed by atoms with E-state index in [1.807, 2.05) is 53.4 Å². The molecule has 4 rings (SSSR count). The van der Waals surface area contributed by atoms with Gasteiger partial charge < -0.3 is 15.0 Å². The molecule has 2 heterocycles. The Morgan fingerprint density at radius 3 is 2.48 bits per heavy atom. The number of rotatable bonds is 4. The van der Waals surface area contributed by atoms with E-state index in [0.29, 0.717) is 6.04 Å². The maximum absolute atomic E-state index is 13.0. The predicted molar refractivity (Wildman–Crippen MR) is 107 cm³/mol. The number of methoxy groups -OCH3 is 1. The van der Waals surface area contributed by atoms with E-state index in [0.717, 1.165) is 61.7 Å². The number of hydrogen-bond donors (Lipinski definition) is 1. The number of carbonyl (C=O) groups is 1. The number of benzene rings is 2. The molecule has 1 atom stereocenters. The van der Waals surface area contributed by atoms with Crippen LogP contribution in [0.15, 0.2) is 48.5 Å². The standard InChI is InChI=1S/C22H27N3O2/c1-27-21-7-3-5-18(15-21)17-4-2-6-19(14-17)22(26)25-12-10-24(11-13-25)20-8-9-23-16-20/h2-7,14-15,20,23H,8-13,16H2,1H3. The van der Waals surface area contributed by atoms with E-state index in [1.54, 1.807) is 7.11 Å². The van der Waals surface area contributed by atoms with E-state index in [-0.39, 0.29) is 5.91 Å². The van der Waals surface area contributed by atoms with Crippen LogP contribution in [-0.2, 0) is 0 Å². The van der Waals surface area contributed by atoms with Crippen LogP contribution in [0, 0.1) is 0 Å². The topological polar surface area (TPSA) is 44.8 Å². The van der Waals surface area contributed by atoms with Crippen LogP contribution in [0.25, 0.3) is 11.1 Å². The minimum absolute atomic E-state index is 0.129. The lowest BCUT2D eigenvalue weighted by Crippen LogP contribution is -2.52. The first-order valence-corrected chi connectivity index (χ1v) is 9.73. The van der Waals surface area contributed by atoms with Gasteiger partial charge in [0.05, 0.1) is 7.11 Å². The summed E-state index contributed by atoms with van der Waals surface area (Å²) in [7, 11) is 1.67. The van der Waals surface area contributed by atoms with Gasteiger partial charge in [-0.15, -0.1) is 0 Å². The molecule has 5 nitrogen and oxygen atoms in total. The second-order valence-corrected chi connectivity index (χ2v) is 7.29. The van der Waals surface area contributed by atoms with E-state index in [4.69, 9.17) is 4.74 Å². The molecule has 2 saturated heterocycles. The average molecular weight is 365 g/mol. The molecule has 2 aromatic carbocycles. The molecule has 27 heavy (non-hydrogen) atoms. The van der Waals surface area contributed by atoms with Gasteiger partial charge in [0.25, 0.3) is 5.91 Å². The number of ether oxygens (including phenoxy) is 1. The number of piperazine rings is 1. The number of amides is 1. The van der Waals surface area contributed by atoms with Crippen LogP contribution in [-0.4, -0.2) is 68.1 Å². The van der Waals surface area contributed by atoms with Gasteiger partial charge in [0, 0.05) is 44.3 Å². The molecule has 2 fully saturated rings. The fourth-order valence-corrected chi connectivity index (χ4v) is 4.06. The molecule has 2 aliphatic rings. The summed E-state index contributed by atoms with van der Waals surface area (Å²) in [5.74, 6) is 0.950.